The van der Waals surface area contributed by atoms with E-state index in [1.165, 1.54) is 4.70 Å². The summed E-state index contributed by atoms with van der Waals surface area (Å²) >= 11 is 13.9. The lowest BCUT2D eigenvalue weighted by Crippen LogP contribution is -2.52. The molecule has 162 valence electrons. The Morgan fingerprint density at radius 1 is 0.968 bits per heavy atom. The van der Waals surface area contributed by atoms with E-state index in [-0.39, 0.29) is 11.8 Å². The van der Waals surface area contributed by atoms with Gasteiger partial charge in [0.05, 0.1) is 26.2 Å². The number of carbonyl (C=O) groups is 1. The summed E-state index contributed by atoms with van der Waals surface area (Å²) in [6.07, 6.45) is 1.98. The monoisotopic (exact) mass is 474 g/mol. The predicted octanol–water partition coefficient (Wildman–Crippen LogP) is 5.17. The van der Waals surface area contributed by atoms with Gasteiger partial charge in [-0.3, -0.25) is 4.79 Å². The fraction of sp³-hybridized carbons (Fsp3) is 0.391. The predicted molar refractivity (Wildman–Crippen MR) is 130 cm³/mol. The fourth-order valence-corrected chi connectivity index (χ4v) is 5.77. The van der Waals surface area contributed by atoms with Gasteiger partial charge in [0.25, 0.3) is 0 Å². The lowest BCUT2D eigenvalue weighted by molar-refractivity contribution is -0.136. The highest BCUT2D eigenvalue weighted by atomic mass is 35.5. The fourth-order valence-electron chi connectivity index (χ4n) is 4.47. The van der Waals surface area contributed by atoms with Crippen LogP contribution >= 0.6 is 34.5 Å². The van der Waals surface area contributed by atoms with Gasteiger partial charge in [-0.25, -0.2) is 4.98 Å². The Hall–Kier alpha value is -2.02. The first-order valence-electron chi connectivity index (χ1n) is 10.7. The summed E-state index contributed by atoms with van der Waals surface area (Å²) in [6, 6.07) is 13.9. The summed E-state index contributed by atoms with van der Waals surface area (Å²) < 4.78 is 1.20. The summed E-state index contributed by atoms with van der Waals surface area (Å²) in [7, 11) is 0. The Morgan fingerprint density at radius 2 is 1.77 bits per heavy atom. The normalized spacial score (nSPS) is 19.8. The molecule has 2 aromatic carbocycles. The Balaban J connectivity index is 1.21. The summed E-state index contributed by atoms with van der Waals surface area (Å²) in [4.78, 5) is 24.6. The molecule has 1 atom stereocenters. The van der Waals surface area contributed by atoms with E-state index in [9.17, 15) is 4.79 Å². The van der Waals surface area contributed by atoms with Crippen LogP contribution in [0.2, 0.25) is 10.0 Å². The molecule has 3 aromatic rings. The number of para-hydroxylation sites is 1. The molecule has 2 aliphatic rings. The van der Waals surface area contributed by atoms with Crippen molar-refractivity contribution in [3.63, 3.8) is 0 Å². The van der Waals surface area contributed by atoms with Crippen molar-refractivity contribution in [1.29, 1.82) is 0 Å². The van der Waals surface area contributed by atoms with E-state index in [1.807, 2.05) is 35.2 Å². The molecule has 1 amide bonds. The van der Waals surface area contributed by atoms with Gasteiger partial charge in [0.1, 0.15) is 0 Å². The van der Waals surface area contributed by atoms with Crippen molar-refractivity contribution in [2.24, 2.45) is 5.92 Å². The highest BCUT2D eigenvalue weighted by Crippen LogP contribution is 2.32. The van der Waals surface area contributed by atoms with Crippen LogP contribution in [0.4, 0.5) is 10.8 Å². The number of amides is 1. The highest BCUT2D eigenvalue weighted by Gasteiger charge is 2.32. The van der Waals surface area contributed by atoms with E-state index in [1.54, 1.807) is 11.3 Å². The van der Waals surface area contributed by atoms with Crippen LogP contribution in [0.15, 0.2) is 42.5 Å². The number of carbonyl (C=O) groups excluding carboxylic acids is 1. The Kier molecular flexibility index (Phi) is 5.95. The van der Waals surface area contributed by atoms with Crippen LogP contribution in [0.1, 0.15) is 12.8 Å². The Labute approximate surface area is 196 Å². The number of halogens is 2. The molecule has 8 heteroatoms. The van der Waals surface area contributed by atoms with Crippen LogP contribution in [0, 0.1) is 5.92 Å². The Bertz CT molecular complexity index is 1060. The minimum Gasteiger partial charge on any atom is -0.368 e. The largest absolute Gasteiger partial charge is 0.368 e. The zero-order valence-corrected chi connectivity index (χ0v) is 19.5. The van der Waals surface area contributed by atoms with Gasteiger partial charge in [-0.15, -0.1) is 0 Å². The molecular formula is C23H24Cl2N4OS. The topological polar surface area (TPSA) is 39.7 Å². The van der Waals surface area contributed by atoms with Crippen molar-refractivity contribution >= 4 is 61.5 Å². The van der Waals surface area contributed by atoms with Crippen LogP contribution in [0.25, 0.3) is 10.2 Å². The van der Waals surface area contributed by atoms with Gasteiger partial charge in [0.2, 0.25) is 5.91 Å². The standard InChI is InChI=1S/C23H24Cl2N4OS/c24-18-8-7-17(14-19(18)25)27-10-12-28(13-11-27)22(30)16-4-3-9-29(15-16)23-26-20-5-1-2-6-21(20)31-23/h1-2,5-8,14,16H,3-4,9-13,15H2. The van der Waals surface area contributed by atoms with E-state index >= 15 is 0 Å². The number of piperidine rings is 1. The maximum absolute atomic E-state index is 13.3. The van der Waals surface area contributed by atoms with Crippen molar-refractivity contribution in [3.05, 3.63) is 52.5 Å². The summed E-state index contributed by atoms with van der Waals surface area (Å²) in [6.45, 7) is 4.80. The molecule has 1 unspecified atom stereocenters. The smallest absolute Gasteiger partial charge is 0.227 e. The molecule has 0 saturated carbocycles. The molecule has 0 spiro atoms. The third-order valence-electron chi connectivity index (χ3n) is 6.18. The van der Waals surface area contributed by atoms with Gasteiger partial charge in [-0.1, -0.05) is 46.7 Å². The first-order valence-corrected chi connectivity index (χ1v) is 12.2. The minimum absolute atomic E-state index is 0.0392. The quantitative estimate of drug-likeness (QED) is 0.524. The van der Waals surface area contributed by atoms with E-state index in [4.69, 9.17) is 28.2 Å². The average molecular weight is 475 g/mol. The summed E-state index contributed by atoms with van der Waals surface area (Å²) in [5.41, 5.74) is 2.09. The van der Waals surface area contributed by atoms with E-state index < -0.39 is 0 Å². The molecule has 3 heterocycles. The molecule has 2 saturated heterocycles. The number of hydrogen-bond donors (Lipinski definition) is 0. The SMILES string of the molecule is O=C(C1CCCN(c2nc3ccccc3s2)C1)N1CCN(c2ccc(Cl)c(Cl)c2)CC1. The van der Waals surface area contributed by atoms with Crippen LogP contribution in [0.3, 0.4) is 0 Å². The maximum atomic E-state index is 13.3. The lowest BCUT2D eigenvalue weighted by Gasteiger charge is -2.39. The number of benzene rings is 2. The second kappa shape index (κ2) is 8.85. The van der Waals surface area contributed by atoms with E-state index in [0.717, 1.165) is 68.4 Å². The zero-order chi connectivity index (χ0) is 21.4. The third-order valence-corrected chi connectivity index (χ3v) is 8.02. The Morgan fingerprint density at radius 3 is 2.55 bits per heavy atom. The number of nitrogens with zero attached hydrogens (tertiary/aromatic N) is 4. The molecule has 0 bridgehead atoms. The molecular weight excluding hydrogens is 451 g/mol. The van der Waals surface area contributed by atoms with Gasteiger partial charge in [0.15, 0.2) is 5.13 Å². The number of rotatable bonds is 3. The lowest BCUT2D eigenvalue weighted by atomic mass is 9.96. The molecule has 5 rings (SSSR count). The molecule has 0 radical (unpaired) electrons. The summed E-state index contributed by atoms with van der Waals surface area (Å²) in [5, 5.41) is 2.16. The molecule has 5 nitrogen and oxygen atoms in total. The van der Waals surface area contributed by atoms with Gasteiger partial charge in [-0.05, 0) is 43.2 Å². The molecule has 1 aromatic heterocycles. The first-order chi connectivity index (χ1) is 15.1. The van der Waals surface area contributed by atoms with Gasteiger partial charge in [-0.2, -0.15) is 0 Å². The molecule has 2 fully saturated rings. The summed E-state index contributed by atoms with van der Waals surface area (Å²) in [5.74, 6) is 0.317. The maximum Gasteiger partial charge on any atom is 0.227 e. The number of piperazine rings is 1. The van der Waals surface area contributed by atoms with Crippen molar-refractivity contribution in [1.82, 2.24) is 9.88 Å². The van der Waals surface area contributed by atoms with Gasteiger partial charge >= 0.3 is 0 Å². The highest BCUT2D eigenvalue weighted by molar-refractivity contribution is 7.22. The van der Waals surface area contributed by atoms with Crippen LogP contribution in [-0.4, -0.2) is 55.1 Å². The van der Waals surface area contributed by atoms with Crippen LogP contribution < -0.4 is 9.80 Å². The second-order valence-corrected chi connectivity index (χ2v) is 9.98. The number of fused-ring (bicyclic) bond motifs is 1. The number of hydrogen-bond acceptors (Lipinski definition) is 5. The van der Waals surface area contributed by atoms with Crippen LogP contribution in [0.5, 0.6) is 0 Å². The first kappa shape index (κ1) is 20.9. The van der Waals surface area contributed by atoms with Crippen molar-refractivity contribution in [3.8, 4) is 0 Å². The third kappa shape index (κ3) is 4.34. The molecule has 0 N–H and O–H groups in total. The van der Waals surface area contributed by atoms with Gasteiger partial charge in [0, 0.05) is 45.0 Å². The molecule has 31 heavy (non-hydrogen) atoms. The minimum atomic E-state index is 0.0392. The average Bonchev–Trinajstić information content (AvgIpc) is 3.25. The van der Waals surface area contributed by atoms with Gasteiger partial charge < -0.3 is 14.7 Å². The number of aromatic nitrogens is 1. The van der Waals surface area contributed by atoms with E-state index in [2.05, 4.69) is 21.9 Å². The number of anilines is 2. The molecule has 2 aliphatic heterocycles. The van der Waals surface area contributed by atoms with E-state index in [0.29, 0.717) is 10.0 Å². The second-order valence-electron chi connectivity index (χ2n) is 8.16. The van der Waals surface area contributed by atoms with Crippen molar-refractivity contribution in [2.45, 2.75) is 12.8 Å². The molecule has 0 aliphatic carbocycles. The number of thiazole rings is 1. The van der Waals surface area contributed by atoms with Crippen LogP contribution in [-0.2, 0) is 4.79 Å². The van der Waals surface area contributed by atoms with Crippen molar-refractivity contribution < 1.29 is 4.79 Å². The van der Waals surface area contributed by atoms with Crippen molar-refractivity contribution in [2.75, 3.05) is 49.1 Å². The zero-order valence-electron chi connectivity index (χ0n) is 17.1.